The van der Waals surface area contributed by atoms with Gasteiger partial charge in [-0.3, -0.25) is 4.68 Å². The molecule has 2 aromatic rings. The zero-order valence-electron chi connectivity index (χ0n) is 12.5. The second-order valence-corrected chi connectivity index (χ2v) is 5.18. The molecule has 0 aliphatic heterocycles. The van der Waals surface area contributed by atoms with Crippen LogP contribution in [0.3, 0.4) is 0 Å². The number of rotatable bonds is 4. The zero-order valence-corrected chi connectivity index (χ0v) is 12.5. The van der Waals surface area contributed by atoms with Crippen molar-refractivity contribution in [3.8, 4) is 0 Å². The highest BCUT2D eigenvalue weighted by Gasteiger charge is 2.17. The van der Waals surface area contributed by atoms with Crippen LogP contribution in [0, 0.1) is 20.8 Å². The lowest BCUT2D eigenvalue weighted by molar-refractivity contribution is 0.627. The molecule has 0 aliphatic rings. The standard InChI is InChI=1S/C16H23N3/c1-6-17-16(15-10-19(5)18-13(15)4)14-8-7-11(2)12(3)9-14/h7-10,16-17H,6H2,1-5H3. The quantitative estimate of drug-likeness (QED) is 0.912. The van der Waals surface area contributed by atoms with Gasteiger partial charge in [-0.25, -0.2) is 0 Å². The van der Waals surface area contributed by atoms with Gasteiger partial charge in [-0.15, -0.1) is 0 Å². The number of aromatic nitrogens is 2. The first-order valence-electron chi connectivity index (χ1n) is 6.83. The molecule has 0 fully saturated rings. The second kappa shape index (κ2) is 5.57. The van der Waals surface area contributed by atoms with Gasteiger partial charge >= 0.3 is 0 Å². The smallest absolute Gasteiger partial charge is 0.0644 e. The first kappa shape index (κ1) is 13.8. The average molecular weight is 257 g/mol. The van der Waals surface area contributed by atoms with Crippen LogP contribution in [0.5, 0.6) is 0 Å². The molecule has 0 amide bonds. The van der Waals surface area contributed by atoms with Crippen LogP contribution < -0.4 is 5.32 Å². The first-order chi connectivity index (χ1) is 9.02. The minimum atomic E-state index is 0.220. The van der Waals surface area contributed by atoms with E-state index in [1.807, 2.05) is 11.7 Å². The van der Waals surface area contributed by atoms with Crippen LogP contribution in [-0.4, -0.2) is 16.3 Å². The van der Waals surface area contributed by atoms with Gasteiger partial charge in [0.1, 0.15) is 0 Å². The van der Waals surface area contributed by atoms with E-state index in [1.165, 1.54) is 22.3 Å². The van der Waals surface area contributed by atoms with Gasteiger partial charge in [0.25, 0.3) is 0 Å². The topological polar surface area (TPSA) is 29.9 Å². The lowest BCUT2D eigenvalue weighted by Gasteiger charge is -2.19. The summed E-state index contributed by atoms with van der Waals surface area (Å²) in [7, 11) is 1.97. The lowest BCUT2D eigenvalue weighted by Crippen LogP contribution is -2.22. The second-order valence-electron chi connectivity index (χ2n) is 5.18. The van der Waals surface area contributed by atoms with Crippen molar-refractivity contribution >= 4 is 0 Å². The van der Waals surface area contributed by atoms with Crippen molar-refractivity contribution in [3.63, 3.8) is 0 Å². The van der Waals surface area contributed by atoms with Crippen LogP contribution in [0.4, 0.5) is 0 Å². The number of hydrogen-bond donors (Lipinski definition) is 1. The monoisotopic (exact) mass is 257 g/mol. The minimum Gasteiger partial charge on any atom is -0.306 e. The summed E-state index contributed by atoms with van der Waals surface area (Å²) in [4.78, 5) is 0. The van der Waals surface area contributed by atoms with E-state index in [2.05, 4.69) is 62.5 Å². The summed E-state index contributed by atoms with van der Waals surface area (Å²) in [6, 6.07) is 6.90. The maximum Gasteiger partial charge on any atom is 0.0644 e. The number of aryl methyl sites for hydroxylation is 4. The summed E-state index contributed by atoms with van der Waals surface area (Å²) in [5.41, 5.74) is 6.32. The summed E-state index contributed by atoms with van der Waals surface area (Å²) in [5, 5.41) is 8.02. The largest absolute Gasteiger partial charge is 0.306 e. The van der Waals surface area contributed by atoms with E-state index in [-0.39, 0.29) is 6.04 Å². The zero-order chi connectivity index (χ0) is 14.0. The Labute approximate surface area is 115 Å². The summed E-state index contributed by atoms with van der Waals surface area (Å²) in [6.45, 7) is 9.46. The van der Waals surface area contributed by atoms with Gasteiger partial charge in [0.05, 0.1) is 11.7 Å². The van der Waals surface area contributed by atoms with Gasteiger partial charge in [-0.1, -0.05) is 25.1 Å². The Balaban J connectivity index is 2.44. The third-order valence-corrected chi connectivity index (χ3v) is 3.63. The van der Waals surface area contributed by atoms with Crippen molar-refractivity contribution < 1.29 is 0 Å². The SMILES string of the molecule is CCNC(c1ccc(C)c(C)c1)c1cn(C)nc1C. The molecule has 102 valence electrons. The molecule has 0 aliphatic carbocycles. The predicted octanol–water partition coefficient (Wildman–Crippen LogP) is 3.04. The Morgan fingerprint density at radius 1 is 1.21 bits per heavy atom. The molecule has 1 aromatic heterocycles. The molecular weight excluding hydrogens is 234 g/mol. The van der Waals surface area contributed by atoms with Crippen LogP contribution in [0.1, 0.15) is 40.9 Å². The van der Waals surface area contributed by atoms with E-state index in [1.54, 1.807) is 0 Å². The third-order valence-electron chi connectivity index (χ3n) is 3.63. The molecule has 19 heavy (non-hydrogen) atoms. The van der Waals surface area contributed by atoms with Crippen LogP contribution in [0.2, 0.25) is 0 Å². The molecule has 1 atom stereocenters. The number of hydrogen-bond acceptors (Lipinski definition) is 2. The number of nitrogens with zero attached hydrogens (tertiary/aromatic N) is 2. The maximum absolute atomic E-state index is 4.46. The fraction of sp³-hybridized carbons (Fsp3) is 0.438. The van der Waals surface area contributed by atoms with E-state index in [0.29, 0.717) is 0 Å². The predicted molar refractivity (Wildman–Crippen MR) is 79.4 cm³/mol. The highest BCUT2D eigenvalue weighted by molar-refractivity contribution is 5.37. The average Bonchev–Trinajstić information content (AvgIpc) is 2.69. The molecule has 1 heterocycles. The van der Waals surface area contributed by atoms with Crippen LogP contribution >= 0.6 is 0 Å². The Hall–Kier alpha value is -1.61. The van der Waals surface area contributed by atoms with Gasteiger partial charge < -0.3 is 5.32 Å². The Morgan fingerprint density at radius 3 is 2.47 bits per heavy atom. The van der Waals surface area contributed by atoms with Crippen LogP contribution in [-0.2, 0) is 7.05 Å². The van der Waals surface area contributed by atoms with Crippen molar-refractivity contribution in [2.45, 2.75) is 33.7 Å². The molecule has 1 N–H and O–H groups in total. The molecule has 3 nitrogen and oxygen atoms in total. The maximum atomic E-state index is 4.46. The Bertz CT molecular complexity index is 569. The normalized spacial score (nSPS) is 12.7. The molecule has 0 saturated carbocycles. The fourth-order valence-corrected chi connectivity index (χ4v) is 2.46. The summed E-state index contributed by atoms with van der Waals surface area (Å²) < 4.78 is 1.88. The molecule has 1 unspecified atom stereocenters. The van der Waals surface area contributed by atoms with Crippen LogP contribution in [0.15, 0.2) is 24.4 Å². The summed E-state index contributed by atoms with van der Waals surface area (Å²) in [6.07, 6.45) is 2.11. The molecule has 2 rings (SSSR count). The van der Waals surface area contributed by atoms with Crippen molar-refractivity contribution in [1.29, 1.82) is 0 Å². The van der Waals surface area contributed by atoms with Gasteiger partial charge in [-0.2, -0.15) is 5.10 Å². The van der Waals surface area contributed by atoms with Gasteiger partial charge in [0, 0.05) is 18.8 Å². The number of nitrogens with one attached hydrogen (secondary N) is 1. The lowest BCUT2D eigenvalue weighted by atomic mass is 9.96. The first-order valence-corrected chi connectivity index (χ1v) is 6.83. The van der Waals surface area contributed by atoms with Crippen molar-refractivity contribution in [3.05, 3.63) is 52.3 Å². The number of benzene rings is 1. The van der Waals surface area contributed by atoms with Gasteiger partial charge in [-0.05, 0) is 44.0 Å². The van der Waals surface area contributed by atoms with E-state index in [0.717, 1.165) is 12.2 Å². The molecule has 3 heteroatoms. The molecule has 0 saturated heterocycles. The van der Waals surface area contributed by atoms with E-state index >= 15 is 0 Å². The highest BCUT2D eigenvalue weighted by atomic mass is 15.3. The van der Waals surface area contributed by atoms with Crippen molar-refractivity contribution in [2.24, 2.45) is 7.05 Å². The van der Waals surface area contributed by atoms with Crippen LogP contribution in [0.25, 0.3) is 0 Å². The Kier molecular flexibility index (Phi) is 4.05. The van der Waals surface area contributed by atoms with E-state index < -0.39 is 0 Å². The summed E-state index contributed by atoms with van der Waals surface area (Å²) >= 11 is 0. The molecule has 0 radical (unpaired) electrons. The van der Waals surface area contributed by atoms with Gasteiger partial charge in [0.15, 0.2) is 0 Å². The van der Waals surface area contributed by atoms with Crippen molar-refractivity contribution in [2.75, 3.05) is 6.54 Å². The van der Waals surface area contributed by atoms with Crippen molar-refractivity contribution in [1.82, 2.24) is 15.1 Å². The third kappa shape index (κ3) is 2.87. The summed E-state index contributed by atoms with van der Waals surface area (Å²) in [5.74, 6) is 0. The molecular formula is C16H23N3. The molecule has 0 spiro atoms. The Morgan fingerprint density at radius 2 is 1.95 bits per heavy atom. The molecule has 0 bridgehead atoms. The van der Waals surface area contributed by atoms with Gasteiger partial charge in [0.2, 0.25) is 0 Å². The molecule has 1 aromatic carbocycles. The van der Waals surface area contributed by atoms with E-state index in [9.17, 15) is 0 Å². The minimum absolute atomic E-state index is 0.220. The fourth-order valence-electron chi connectivity index (χ4n) is 2.46. The van der Waals surface area contributed by atoms with E-state index in [4.69, 9.17) is 0 Å². The highest BCUT2D eigenvalue weighted by Crippen LogP contribution is 2.25.